The molecule has 0 atom stereocenters. The lowest BCUT2D eigenvalue weighted by atomic mass is 10.0. The zero-order valence-electron chi connectivity index (χ0n) is 64.1. The Hall–Kier alpha value is -2.48. The molecule has 0 heterocycles. The van der Waals surface area contributed by atoms with Gasteiger partial charge < -0.3 is 32.7 Å². The van der Waals surface area contributed by atoms with Crippen LogP contribution in [0.2, 0.25) is 0 Å². The molecule has 0 bridgehead atoms. The number of rotatable bonds is 74. The smallest absolute Gasteiger partial charge is 0.123 e. The molecule has 0 aliphatic carbocycles. The molecular weight excluding hydrogens is 1140 g/mol. The summed E-state index contributed by atoms with van der Waals surface area (Å²) in [6, 6.07) is 13.4. The Bertz CT molecular complexity index is 1630. The number of likely N-dealkylation sites (N-methyl/N-ethyl adjacent to an activating group) is 2. The van der Waals surface area contributed by atoms with E-state index in [1.54, 1.807) is 0 Å². The van der Waals surface area contributed by atoms with Crippen LogP contribution in [0, 0.1) is 0 Å². The summed E-state index contributed by atoms with van der Waals surface area (Å²) >= 11 is 0. The SMILES string of the molecule is CCCCCCCCCCCCCCCCOc1cc(C[N+](C)(C)CCOCC[N+](C)(C)Cc2cc(OCCCCCCCCCCCCCCCC)cc(OCCCCCCCCCCCCCCCC)c2)cc(OCCCCCCCCCCCCCCCC)c1. The molecule has 0 fully saturated rings. The fourth-order valence-electron chi connectivity index (χ4n) is 13.6. The topological polar surface area (TPSA) is 46.2 Å². The van der Waals surface area contributed by atoms with Gasteiger partial charge in [0.05, 0.1) is 67.8 Å². The molecule has 93 heavy (non-hydrogen) atoms. The molecule has 7 nitrogen and oxygen atoms in total. The van der Waals surface area contributed by atoms with Crippen LogP contribution in [0.1, 0.15) is 398 Å². The minimum Gasteiger partial charge on any atom is -0.493 e. The minimum absolute atomic E-state index is 0.727. The number of ether oxygens (including phenoxy) is 5. The van der Waals surface area contributed by atoms with Gasteiger partial charge in [-0.25, -0.2) is 0 Å². The number of unbranched alkanes of at least 4 members (excludes halogenated alkanes) is 52. The fourth-order valence-corrected chi connectivity index (χ4v) is 13.6. The summed E-state index contributed by atoms with van der Waals surface area (Å²) in [6.45, 7) is 17.4. The average molecular weight is 1300 g/mol. The van der Waals surface area contributed by atoms with E-state index in [9.17, 15) is 0 Å². The van der Waals surface area contributed by atoms with E-state index in [1.807, 2.05) is 0 Å². The Morgan fingerprint density at radius 2 is 0.366 bits per heavy atom. The lowest BCUT2D eigenvalue weighted by molar-refractivity contribution is -0.907. The first kappa shape index (κ1) is 86.6. The summed E-state index contributed by atoms with van der Waals surface area (Å²) < 4.78 is 34.3. The Kier molecular flexibility index (Phi) is 59.8. The zero-order chi connectivity index (χ0) is 66.9. The molecule has 0 saturated carbocycles. The van der Waals surface area contributed by atoms with E-state index in [4.69, 9.17) is 23.7 Å². The lowest BCUT2D eigenvalue weighted by Crippen LogP contribution is -2.43. The van der Waals surface area contributed by atoms with Crippen molar-refractivity contribution in [1.29, 1.82) is 0 Å². The van der Waals surface area contributed by atoms with Gasteiger partial charge in [-0.15, -0.1) is 0 Å². The first-order valence-electron chi connectivity index (χ1n) is 41.6. The molecule has 0 radical (unpaired) electrons. The predicted octanol–water partition coefficient (Wildman–Crippen LogP) is 27.0. The normalized spacial score (nSPS) is 12.0. The van der Waals surface area contributed by atoms with Crippen LogP contribution in [0.15, 0.2) is 36.4 Å². The molecular formula is C86H162N2O5+2. The molecule has 7 heteroatoms. The third-order valence-electron chi connectivity index (χ3n) is 19.8. The Morgan fingerprint density at radius 3 is 0.538 bits per heavy atom. The first-order valence-corrected chi connectivity index (χ1v) is 41.6. The molecule has 0 N–H and O–H groups in total. The van der Waals surface area contributed by atoms with Gasteiger partial charge in [0.2, 0.25) is 0 Å². The molecule has 2 aromatic carbocycles. The maximum absolute atomic E-state index is 6.52. The van der Waals surface area contributed by atoms with Gasteiger partial charge in [0.25, 0.3) is 0 Å². The van der Waals surface area contributed by atoms with E-state index in [0.29, 0.717) is 0 Å². The molecule has 0 saturated heterocycles. The summed E-state index contributed by atoms with van der Waals surface area (Å²) in [5, 5.41) is 0. The van der Waals surface area contributed by atoms with Crippen molar-refractivity contribution < 1.29 is 32.7 Å². The molecule has 544 valence electrons. The molecule has 0 aromatic heterocycles. The highest BCUT2D eigenvalue weighted by atomic mass is 16.5. The quantitative estimate of drug-likeness (QED) is 0.0488. The number of hydrogen-bond donors (Lipinski definition) is 0. The third kappa shape index (κ3) is 57.2. The van der Waals surface area contributed by atoms with Crippen molar-refractivity contribution in [2.45, 2.75) is 400 Å². The van der Waals surface area contributed by atoms with Crippen LogP contribution in [0.5, 0.6) is 23.0 Å². The summed E-state index contributed by atoms with van der Waals surface area (Å²) in [5.74, 6) is 3.83. The Morgan fingerprint density at radius 1 is 0.204 bits per heavy atom. The van der Waals surface area contributed by atoms with Crippen LogP contribution < -0.4 is 18.9 Å². The highest BCUT2D eigenvalue weighted by Gasteiger charge is 2.21. The molecule has 0 aliphatic heterocycles. The third-order valence-corrected chi connectivity index (χ3v) is 19.8. The Balaban J connectivity index is 1.90. The van der Waals surface area contributed by atoms with E-state index >= 15 is 0 Å². The van der Waals surface area contributed by atoms with E-state index < -0.39 is 0 Å². The van der Waals surface area contributed by atoms with Crippen LogP contribution in [-0.4, -0.2) is 89.9 Å². The summed E-state index contributed by atoms with van der Waals surface area (Å²) in [5.41, 5.74) is 2.56. The second kappa shape index (κ2) is 64.2. The van der Waals surface area contributed by atoms with E-state index in [-0.39, 0.29) is 0 Å². The van der Waals surface area contributed by atoms with Crippen LogP contribution >= 0.6 is 0 Å². The van der Waals surface area contributed by atoms with Crippen molar-refractivity contribution in [3.63, 3.8) is 0 Å². The first-order chi connectivity index (χ1) is 45.6. The minimum atomic E-state index is 0.727. The van der Waals surface area contributed by atoms with Crippen molar-refractivity contribution in [1.82, 2.24) is 0 Å². The van der Waals surface area contributed by atoms with E-state index in [2.05, 4.69) is 92.3 Å². The largest absolute Gasteiger partial charge is 0.493 e. The number of hydrogen-bond acceptors (Lipinski definition) is 5. The van der Waals surface area contributed by atoms with Gasteiger partial charge in [0.15, 0.2) is 0 Å². The summed E-state index contributed by atoms with van der Waals surface area (Å²) in [4.78, 5) is 0. The molecule has 0 aliphatic rings. The van der Waals surface area contributed by atoms with Gasteiger partial charge in [-0.1, -0.05) is 362 Å². The van der Waals surface area contributed by atoms with Crippen LogP contribution in [0.4, 0.5) is 0 Å². The molecule has 2 aromatic rings. The van der Waals surface area contributed by atoms with E-state index in [0.717, 1.165) is 123 Å². The fraction of sp³-hybridized carbons (Fsp3) is 0.860. The van der Waals surface area contributed by atoms with Gasteiger partial charge in [-0.2, -0.15) is 0 Å². The van der Waals surface area contributed by atoms with Gasteiger partial charge >= 0.3 is 0 Å². The maximum Gasteiger partial charge on any atom is 0.123 e. The number of nitrogens with zero attached hydrogens (tertiary/aromatic N) is 2. The van der Waals surface area contributed by atoms with E-state index in [1.165, 1.54) is 345 Å². The van der Waals surface area contributed by atoms with Crippen molar-refractivity contribution in [3.8, 4) is 23.0 Å². The second-order valence-corrected chi connectivity index (χ2v) is 30.7. The van der Waals surface area contributed by atoms with Gasteiger partial charge in [-0.05, 0) is 49.9 Å². The Labute approximate surface area is 581 Å². The molecule has 0 spiro atoms. The molecule has 0 amide bonds. The summed E-state index contributed by atoms with van der Waals surface area (Å²) in [7, 11) is 9.37. The van der Waals surface area contributed by atoms with Gasteiger partial charge in [0, 0.05) is 23.3 Å². The van der Waals surface area contributed by atoms with Crippen molar-refractivity contribution >= 4 is 0 Å². The molecule has 0 unspecified atom stereocenters. The average Bonchev–Trinajstić information content (AvgIpc) is 1.22. The van der Waals surface area contributed by atoms with Crippen LogP contribution in [0.3, 0.4) is 0 Å². The number of quaternary nitrogens is 2. The van der Waals surface area contributed by atoms with Crippen LogP contribution in [0.25, 0.3) is 0 Å². The zero-order valence-corrected chi connectivity index (χ0v) is 64.1. The van der Waals surface area contributed by atoms with Crippen molar-refractivity contribution in [3.05, 3.63) is 47.5 Å². The monoisotopic (exact) mass is 1300 g/mol. The predicted molar refractivity (Wildman–Crippen MR) is 408 cm³/mol. The second-order valence-electron chi connectivity index (χ2n) is 30.7. The van der Waals surface area contributed by atoms with Crippen LogP contribution in [-0.2, 0) is 17.8 Å². The maximum atomic E-state index is 6.52. The number of benzene rings is 2. The van der Waals surface area contributed by atoms with Gasteiger partial charge in [0.1, 0.15) is 49.2 Å². The standard InChI is InChI=1S/C86H162N2O5/c1-9-13-17-21-25-29-33-37-41-45-49-53-57-61-67-90-83-73-81(74-84(77-83)91-68-62-58-54-50-46-42-38-34-30-26-22-18-14-10-2)79-87(5,6)65-71-89-72-66-88(7,8)80-82-75-85(92-69-63-59-55-51-47-43-39-35-31-27-23-19-15-11-3)78-86(76-82)93-70-64-60-56-52-48-44-40-36-32-28-24-20-16-12-4/h73-78H,9-72,79-80H2,1-8H3/q+2. The van der Waals surface area contributed by atoms with Gasteiger partial charge in [-0.3, -0.25) is 0 Å². The van der Waals surface area contributed by atoms with Crippen molar-refractivity contribution in [2.24, 2.45) is 0 Å². The van der Waals surface area contributed by atoms with Crippen molar-refractivity contribution in [2.75, 3.05) is 80.9 Å². The highest BCUT2D eigenvalue weighted by molar-refractivity contribution is 5.39. The lowest BCUT2D eigenvalue weighted by Gasteiger charge is -2.31. The highest BCUT2D eigenvalue weighted by Crippen LogP contribution is 2.29. The molecule has 2 rings (SSSR count). The summed E-state index contributed by atoms with van der Waals surface area (Å²) in [6.07, 6.45) is 76.6.